The van der Waals surface area contributed by atoms with Gasteiger partial charge in [0, 0.05) is 13.2 Å². The molecule has 0 radical (unpaired) electrons. The zero-order chi connectivity index (χ0) is 12.0. The Morgan fingerprint density at radius 2 is 1.69 bits per heavy atom. The Hall–Kier alpha value is -0.120. The third-order valence-electron chi connectivity index (χ3n) is 3.59. The normalized spacial score (nSPS) is 27.0. The Morgan fingerprint density at radius 1 is 1.06 bits per heavy atom. The van der Waals surface area contributed by atoms with Crippen LogP contribution in [-0.2, 0) is 9.57 Å². The molecule has 0 atom stereocenters. The Kier molecular flexibility index (Phi) is 5.73. The van der Waals surface area contributed by atoms with Gasteiger partial charge in [-0.1, -0.05) is 20.8 Å². The van der Waals surface area contributed by atoms with E-state index in [0.29, 0.717) is 24.7 Å². The molecule has 1 N–H and O–H groups in total. The molecule has 1 saturated carbocycles. The predicted molar refractivity (Wildman–Crippen MR) is 66.2 cm³/mol. The number of rotatable bonds is 5. The fourth-order valence-corrected chi connectivity index (χ4v) is 2.38. The number of methoxy groups -OCH3 is 1. The zero-order valence-electron chi connectivity index (χ0n) is 11.2. The number of hydroxylamine groups is 1. The molecule has 1 fully saturated rings. The molecule has 0 aliphatic heterocycles. The van der Waals surface area contributed by atoms with Gasteiger partial charge >= 0.3 is 0 Å². The van der Waals surface area contributed by atoms with Gasteiger partial charge in [-0.15, -0.1) is 0 Å². The maximum Gasteiger partial charge on any atom is 0.0915 e. The van der Waals surface area contributed by atoms with Gasteiger partial charge in [0.1, 0.15) is 0 Å². The molecular formula is C13H27NO2. The SMILES string of the molecule is COCCONC1CCC(C(C)(C)C)CC1. The van der Waals surface area contributed by atoms with Crippen molar-refractivity contribution >= 4 is 0 Å². The highest BCUT2D eigenvalue weighted by Crippen LogP contribution is 2.37. The first-order valence-corrected chi connectivity index (χ1v) is 6.40. The average Bonchev–Trinajstić information content (AvgIpc) is 2.24. The summed E-state index contributed by atoms with van der Waals surface area (Å²) in [5.74, 6) is 0.865. The Balaban J connectivity index is 2.12. The highest BCUT2D eigenvalue weighted by molar-refractivity contribution is 4.82. The second-order valence-electron chi connectivity index (χ2n) is 5.87. The fraction of sp³-hybridized carbons (Fsp3) is 1.00. The van der Waals surface area contributed by atoms with Crippen LogP contribution in [0.3, 0.4) is 0 Å². The van der Waals surface area contributed by atoms with Crippen LogP contribution in [0.2, 0.25) is 0 Å². The van der Waals surface area contributed by atoms with E-state index in [1.165, 1.54) is 25.7 Å². The van der Waals surface area contributed by atoms with Crippen molar-refractivity contribution < 1.29 is 9.57 Å². The molecular weight excluding hydrogens is 202 g/mol. The molecule has 16 heavy (non-hydrogen) atoms. The largest absolute Gasteiger partial charge is 0.382 e. The van der Waals surface area contributed by atoms with Crippen molar-refractivity contribution in [1.82, 2.24) is 5.48 Å². The van der Waals surface area contributed by atoms with Crippen LogP contribution in [0.5, 0.6) is 0 Å². The van der Waals surface area contributed by atoms with E-state index in [4.69, 9.17) is 9.57 Å². The summed E-state index contributed by atoms with van der Waals surface area (Å²) in [6.45, 7) is 8.33. The molecule has 1 rings (SSSR count). The van der Waals surface area contributed by atoms with E-state index in [0.717, 1.165) is 5.92 Å². The molecule has 1 aliphatic carbocycles. The minimum atomic E-state index is 0.460. The van der Waals surface area contributed by atoms with Crippen molar-refractivity contribution in [2.45, 2.75) is 52.5 Å². The third-order valence-corrected chi connectivity index (χ3v) is 3.59. The third kappa shape index (κ3) is 4.81. The molecule has 0 amide bonds. The molecule has 0 heterocycles. The lowest BCUT2D eigenvalue weighted by atomic mass is 9.71. The summed E-state index contributed by atoms with van der Waals surface area (Å²) in [5.41, 5.74) is 3.61. The zero-order valence-corrected chi connectivity index (χ0v) is 11.2. The summed E-state index contributed by atoms with van der Waals surface area (Å²) in [5, 5.41) is 0. The summed E-state index contributed by atoms with van der Waals surface area (Å²) in [4.78, 5) is 5.36. The van der Waals surface area contributed by atoms with Crippen molar-refractivity contribution in [2.75, 3.05) is 20.3 Å². The van der Waals surface area contributed by atoms with E-state index < -0.39 is 0 Å². The predicted octanol–water partition coefficient (Wildman–Crippen LogP) is 2.76. The van der Waals surface area contributed by atoms with Crippen LogP contribution in [0.1, 0.15) is 46.5 Å². The van der Waals surface area contributed by atoms with Gasteiger partial charge in [0.2, 0.25) is 0 Å². The standard InChI is InChI=1S/C13H27NO2/c1-13(2,3)11-5-7-12(8-6-11)14-16-10-9-15-4/h11-12,14H,5-10H2,1-4H3. The summed E-state index contributed by atoms with van der Waals surface area (Å²) in [6.07, 6.45) is 5.09. The molecule has 3 nitrogen and oxygen atoms in total. The van der Waals surface area contributed by atoms with Crippen molar-refractivity contribution in [3.8, 4) is 0 Å². The topological polar surface area (TPSA) is 30.5 Å². The first-order chi connectivity index (χ1) is 7.54. The van der Waals surface area contributed by atoms with Crippen LogP contribution >= 0.6 is 0 Å². The van der Waals surface area contributed by atoms with Crippen LogP contribution in [0.15, 0.2) is 0 Å². The van der Waals surface area contributed by atoms with E-state index in [2.05, 4.69) is 26.3 Å². The maximum absolute atomic E-state index is 5.36. The van der Waals surface area contributed by atoms with Gasteiger partial charge in [0.05, 0.1) is 13.2 Å². The minimum absolute atomic E-state index is 0.460. The Labute approximate surface area is 99.8 Å². The number of hydrogen-bond acceptors (Lipinski definition) is 3. The molecule has 0 bridgehead atoms. The molecule has 0 unspecified atom stereocenters. The number of ether oxygens (including phenoxy) is 1. The molecule has 3 heteroatoms. The van der Waals surface area contributed by atoms with Crippen molar-refractivity contribution in [2.24, 2.45) is 11.3 Å². The molecule has 0 aromatic carbocycles. The van der Waals surface area contributed by atoms with Gasteiger partial charge in [0.15, 0.2) is 0 Å². The Bertz CT molecular complexity index is 181. The Morgan fingerprint density at radius 3 is 2.19 bits per heavy atom. The molecule has 1 aliphatic rings. The molecule has 96 valence electrons. The van der Waals surface area contributed by atoms with Gasteiger partial charge < -0.3 is 4.74 Å². The highest BCUT2D eigenvalue weighted by atomic mass is 16.7. The van der Waals surface area contributed by atoms with Crippen LogP contribution in [0.25, 0.3) is 0 Å². The minimum Gasteiger partial charge on any atom is -0.382 e. The second-order valence-corrected chi connectivity index (χ2v) is 5.87. The summed E-state index contributed by atoms with van der Waals surface area (Å²) in [6, 6.07) is 0.537. The van der Waals surface area contributed by atoms with Gasteiger partial charge in [-0.25, -0.2) is 0 Å². The quantitative estimate of drug-likeness (QED) is 0.581. The molecule has 0 aromatic heterocycles. The lowest BCUT2D eigenvalue weighted by Gasteiger charge is -2.36. The average molecular weight is 229 g/mol. The maximum atomic E-state index is 5.36. The van der Waals surface area contributed by atoms with Crippen LogP contribution in [-0.4, -0.2) is 26.4 Å². The van der Waals surface area contributed by atoms with E-state index >= 15 is 0 Å². The van der Waals surface area contributed by atoms with Gasteiger partial charge in [-0.05, 0) is 37.0 Å². The molecule has 0 spiro atoms. The van der Waals surface area contributed by atoms with Crippen LogP contribution in [0.4, 0.5) is 0 Å². The number of hydrogen-bond donors (Lipinski definition) is 1. The lowest BCUT2D eigenvalue weighted by molar-refractivity contribution is -0.0244. The fourth-order valence-electron chi connectivity index (χ4n) is 2.38. The van der Waals surface area contributed by atoms with Gasteiger partial charge in [-0.2, -0.15) is 5.48 Å². The van der Waals surface area contributed by atoms with Crippen molar-refractivity contribution in [3.63, 3.8) is 0 Å². The van der Waals surface area contributed by atoms with Crippen LogP contribution < -0.4 is 5.48 Å². The monoisotopic (exact) mass is 229 g/mol. The second kappa shape index (κ2) is 6.58. The van der Waals surface area contributed by atoms with Gasteiger partial charge in [-0.3, -0.25) is 4.84 Å². The summed E-state index contributed by atoms with van der Waals surface area (Å²) >= 11 is 0. The summed E-state index contributed by atoms with van der Waals surface area (Å²) in [7, 11) is 1.69. The highest BCUT2D eigenvalue weighted by Gasteiger charge is 2.29. The first kappa shape index (κ1) is 13.9. The van der Waals surface area contributed by atoms with Crippen molar-refractivity contribution in [3.05, 3.63) is 0 Å². The first-order valence-electron chi connectivity index (χ1n) is 6.40. The number of nitrogens with one attached hydrogen (secondary N) is 1. The van der Waals surface area contributed by atoms with E-state index in [1.54, 1.807) is 7.11 Å². The van der Waals surface area contributed by atoms with Gasteiger partial charge in [0.25, 0.3) is 0 Å². The van der Waals surface area contributed by atoms with E-state index in [-0.39, 0.29) is 0 Å². The summed E-state index contributed by atoms with van der Waals surface area (Å²) < 4.78 is 4.93. The lowest BCUT2D eigenvalue weighted by Crippen LogP contribution is -2.36. The molecule has 0 aromatic rings. The smallest absolute Gasteiger partial charge is 0.0915 e. The van der Waals surface area contributed by atoms with E-state index in [9.17, 15) is 0 Å². The molecule has 0 saturated heterocycles. The van der Waals surface area contributed by atoms with Crippen LogP contribution in [0, 0.1) is 11.3 Å². The van der Waals surface area contributed by atoms with E-state index in [1.807, 2.05) is 0 Å². The van der Waals surface area contributed by atoms with Crippen molar-refractivity contribution in [1.29, 1.82) is 0 Å².